The van der Waals surface area contributed by atoms with E-state index in [1.54, 1.807) is 6.07 Å². The molecule has 3 heteroatoms. The first-order valence-corrected chi connectivity index (χ1v) is 4.47. The van der Waals surface area contributed by atoms with Gasteiger partial charge in [-0.1, -0.05) is 6.92 Å². The summed E-state index contributed by atoms with van der Waals surface area (Å²) in [6.07, 6.45) is 0. The van der Waals surface area contributed by atoms with Gasteiger partial charge in [-0.25, -0.2) is 4.39 Å². The minimum atomic E-state index is -0.322. The van der Waals surface area contributed by atoms with Crippen molar-refractivity contribution in [1.29, 1.82) is 0 Å². The van der Waals surface area contributed by atoms with Crippen molar-refractivity contribution >= 4 is 11.4 Å². The second-order valence-corrected chi connectivity index (χ2v) is 3.72. The zero-order chi connectivity index (χ0) is 9.42. The van der Waals surface area contributed by atoms with Crippen LogP contribution >= 0.6 is 0 Å². The molecule has 2 N–H and O–H groups in total. The van der Waals surface area contributed by atoms with Gasteiger partial charge in [-0.15, -0.1) is 0 Å². The number of nitrogens with zero attached hydrogens (tertiary/aromatic N) is 1. The fourth-order valence-electron chi connectivity index (χ4n) is 1.62. The molecule has 1 heterocycles. The monoisotopic (exact) mass is 180 g/mol. The fourth-order valence-corrected chi connectivity index (χ4v) is 1.62. The van der Waals surface area contributed by atoms with Crippen molar-refractivity contribution in [2.75, 3.05) is 23.7 Å². The second-order valence-electron chi connectivity index (χ2n) is 3.72. The van der Waals surface area contributed by atoms with Gasteiger partial charge in [0, 0.05) is 18.8 Å². The molecule has 0 bridgehead atoms. The van der Waals surface area contributed by atoms with E-state index in [0.29, 0.717) is 0 Å². The standard InChI is InChI=1S/C10H13FN2/c1-7-5-13(6-7)8-2-3-10(12)9(11)4-8/h2-4,7H,5-6,12H2,1H3. The van der Waals surface area contributed by atoms with Crippen molar-refractivity contribution in [2.24, 2.45) is 5.92 Å². The fraction of sp³-hybridized carbons (Fsp3) is 0.400. The first kappa shape index (κ1) is 8.35. The van der Waals surface area contributed by atoms with Crippen molar-refractivity contribution < 1.29 is 4.39 Å². The van der Waals surface area contributed by atoms with Crippen molar-refractivity contribution in [1.82, 2.24) is 0 Å². The summed E-state index contributed by atoms with van der Waals surface area (Å²) in [7, 11) is 0. The third kappa shape index (κ3) is 1.46. The molecule has 1 aliphatic rings. The number of hydrogen-bond donors (Lipinski definition) is 1. The van der Waals surface area contributed by atoms with Crippen LogP contribution in [0.25, 0.3) is 0 Å². The molecule has 0 aliphatic carbocycles. The average molecular weight is 180 g/mol. The number of halogens is 1. The molecule has 0 spiro atoms. The summed E-state index contributed by atoms with van der Waals surface area (Å²) in [5.74, 6) is 0.401. The molecule has 1 aliphatic heterocycles. The number of rotatable bonds is 1. The molecule has 0 saturated carbocycles. The first-order valence-electron chi connectivity index (χ1n) is 4.47. The maximum absolute atomic E-state index is 13.0. The topological polar surface area (TPSA) is 29.3 Å². The SMILES string of the molecule is CC1CN(c2ccc(N)c(F)c2)C1. The van der Waals surface area contributed by atoms with Crippen molar-refractivity contribution in [2.45, 2.75) is 6.92 Å². The normalized spacial score (nSPS) is 17.2. The molecule has 1 aromatic rings. The highest BCUT2D eigenvalue weighted by Gasteiger charge is 2.22. The lowest BCUT2D eigenvalue weighted by atomic mass is 10.0. The van der Waals surface area contributed by atoms with E-state index in [2.05, 4.69) is 11.8 Å². The lowest BCUT2D eigenvalue weighted by Gasteiger charge is -2.39. The van der Waals surface area contributed by atoms with Crippen LogP contribution in [0.1, 0.15) is 6.92 Å². The highest BCUT2D eigenvalue weighted by Crippen LogP contribution is 2.26. The number of anilines is 2. The maximum Gasteiger partial charge on any atom is 0.148 e. The third-order valence-electron chi connectivity index (χ3n) is 2.41. The van der Waals surface area contributed by atoms with Crippen LogP contribution in [0, 0.1) is 11.7 Å². The summed E-state index contributed by atoms with van der Waals surface area (Å²) in [4.78, 5) is 2.15. The van der Waals surface area contributed by atoms with Gasteiger partial charge in [0.05, 0.1) is 5.69 Å². The molecule has 0 aromatic heterocycles. The molecule has 1 fully saturated rings. The summed E-state index contributed by atoms with van der Waals surface area (Å²) in [5.41, 5.74) is 6.54. The Morgan fingerprint density at radius 2 is 2.15 bits per heavy atom. The maximum atomic E-state index is 13.0. The summed E-state index contributed by atoms with van der Waals surface area (Å²) in [6.45, 7) is 4.22. The molecule has 70 valence electrons. The molecular formula is C10H13FN2. The lowest BCUT2D eigenvalue weighted by molar-refractivity contribution is 0.446. The zero-order valence-corrected chi connectivity index (χ0v) is 7.63. The van der Waals surface area contributed by atoms with E-state index in [4.69, 9.17) is 5.73 Å². The Balaban J connectivity index is 2.18. The molecule has 0 unspecified atom stereocenters. The van der Waals surface area contributed by atoms with Gasteiger partial charge in [-0.2, -0.15) is 0 Å². The first-order chi connectivity index (χ1) is 6.16. The summed E-state index contributed by atoms with van der Waals surface area (Å²) in [6, 6.07) is 4.99. The highest BCUT2D eigenvalue weighted by molar-refractivity contribution is 5.55. The Bertz CT molecular complexity index is 319. The van der Waals surface area contributed by atoms with E-state index < -0.39 is 0 Å². The predicted octanol–water partition coefficient (Wildman–Crippen LogP) is 1.86. The Morgan fingerprint density at radius 1 is 1.46 bits per heavy atom. The van der Waals surface area contributed by atoms with E-state index in [1.165, 1.54) is 6.07 Å². The molecular weight excluding hydrogens is 167 g/mol. The van der Waals surface area contributed by atoms with Crippen LogP contribution < -0.4 is 10.6 Å². The second kappa shape index (κ2) is 2.91. The summed E-state index contributed by atoms with van der Waals surface area (Å²) >= 11 is 0. The molecule has 1 saturated heterocycles. The number of nitrogens with two attached hydrogens (primary N) is 1. The molecule has 2 nitrogen and oxygen atoms in total. The Labute approximate surface area is 77.2 Å². The predicted molar refractivity (Wildman–Crippen MR) is 52.2 cm³/mol. The van der Waals surface area contributed by atoms with E-state index in [9.17, 15) is 4.39 Å². The summed E-state index contributed by atoms with van der Waals surface area (Å²) in [5, 5.41) is 0. The van der Waals surface area contributed by atoms with E-state index in [1.807, 2.05) is 6.07 Å². The molecule has 13 heavy (non-hydrogen) atoms. The largest absolute Gasteiger partial charge is 0.396 e. The van der Waals surface area contributed by atoms with E-state index in [-0.39, 0.29) is 11.5 Å². The Hall–Kier alpha value is -1.25. The van der Waals surface area contributed by atoms with Crippen LogP contribution in [0.15, 0.2) is 18.2 Å². The summed E-state index contributed by atoms with van der Waals surface area (Å²) < 4.78 is 13.0. The van der Waals surface area contributed by atoms with Crippen LogP contribution in [0.5, 0.6) is 0 Å². The molecule has 1 aromatic carbocycles. The molecule has 2 rings (SSSR count). The van der Waals surface area contributed by atoms with Crippen molar-refractivity contribution in [3.63, 3.8) is 0 Å². The van der Waals surface area contributed by atoms with Gasteiger partial charge in [0.2, 0.25) is 0 Å². The van der Waals surface area contributed by atoms with Gasteiger partial charge >= 0.3 is 0 Å². The number of nitrogen functional groups attached to an aromatic ring is 1. The van der Waals surface area contributed by atoms with Crippen LogP contribution in [0.4, 0.5) is 15.8 Å². The lowest BCUT2D eigenvalue weighted by Crippen LogP contribution is -2.45. The minimum Gasteiger partial charge on any atom is -0.396 e. The number of hydrogen-bond acceptors (Lipinski definition) is 2. The Morgan fingerprint density at radius 3 is 2.69 bits per heavy atom. The number of benzene rings is 1. The van der Waals surface area contributed by atoms with Gasteiger partial charge in [-0.05, 0) is 24.1 Å². The van der Waals surface area contributed by atoms with Gasteiger partial charge in [0.1, 0.15) is 5.82 Å². The highest BCUT2D eigenvalue weighted by atomic mass is 19.1. The molecule has 0 amide bonds. The quantitative estimate of drug-likeness (QED) is 0.668. The van der Waals surface area contributed by atoms with Gasteiger partial charge < -0.3 is 10.6 Å². The smallest absolute Gasteiger partial charge is 0.148 e. The zero-order valence-electron chi connectivity index (χ0n) is 7.63. The van der Waals surface area contributed by atoms with Gasteiger partial charge in [-0.3, -0.25) is 0 Å². The average Bonchev–Trinajstić information content (AvgIpc) is 2.05. The van der Waals surface area contributed by atoms with Crippen LogP contribution in [0.2, 0.25) is 0 Å². The van der Waals surface area contributed by atoms with Crippen LogP contribution in [-0.4, -0.2) is 13.1 Å². The van der Waals surface area contributed by atoms with Crippen molar-refractivity contribution in [3.8, 4) is 0 Å². The molecule has 0 atom stereocenters. The van der Waals surface area contributed by atoms with Gasteiger partial charge in [0.15, 0.2) is 0 Å². The van der Waals surface area contributed by atoms with Crippen LogP contribution in [0.3, 0.4) is 0 Å². The Kier molecular flexibility index (Phi) is 1.87. The third-order valence-corrected chi connectivity index (χ3v) is 2.41. The van der Waals surface area contributed by atoms with Gasteiger partial charge in [0.25, 0.3) is 0 Å². The van der Waals surface area contributed by atoms with Crippen molar-refractivity contribution in [3.05, 3.63) is 24.0 Å². The molecule has 0 radical (unpaired) electrons. The van der Waals surface area contributed by atoms with Crippen LogP contribution in [-0.2, 0) is 0 Å². The minimum absolute atomic E-state index is 0.220. The van der Waals surface area contributed by atoms with E-state index >= 15 is 0 Å². The van der Waals surface area contributed by atoms with E-state index in [0.717, 1.165) is 24.7 Å².